The maximum atomic E-state index is 6.19. The molecule has 22 heavy (non-hydrogen) atoms. The van der Waals surface area contributed by atoms with Gasteiger partial charge in [0.25, 0.3) is 0 Å². The minimum atomic E-state index is 0.415. The van der Waals surface area contributed by atoms with Crippen molar-refractivity contribution in [1.29, 1.82) is 0 Å². The van der Waals surface area contributed by atoms with Crippen molar-refractivity contribution in [2.45, 2.75) is 37.8 Å². The summed E-state index contributed by atoms with van der Waals surface area (Å²) in [4.78, 5) is 0. The zero-order valence-corrected chi connectivity index (χ0v) is 13.2. The molecule has 0 aromatic heterocycles. The van der Waals surface area contributed by atoms with Crippen molar-refractivity contribution in [3.8, 4) is 5.75 Å². The Morgan fingerprint density at radius 1 is 0.955 bits per heavy atom. The van der Waals surface area contributed by atoms with E-state index in [2.05, 4.69) is 40.2 Å². The summed E-state index contributed by atoms with van der Waals surface area (Å²) in [5.74, 6) is 2.69. The van der Waals surface area contributed by atoms with E-state index in [0.717, 1.165) is 30.7 Å². The first-order chi connectivity index (χ1) is 10.9. The fraction of sp³-hybridized carbons (Fsp3) is 0.667. The van der Waals surface area contributed by atoms with Crippen LogP contribution in [0, 0.1) is 11.8 Å². The smallest absolute Gasteiger partial charge is 0.119 e. The van der Waals surface area contributed by atoms with E-state index in [1.807, 2.05) is 0 Å². The van der Waals surface area contributed by atoms with Crippen LogP contribution in [0.25, 0.3) is 0 Å². The van der Waals surface area contributed by atoms with Crippen LogP contribution in [-0.2, 0) is 0 Å². The molecule has 3 atom stereocenters. The topological polar surface area (TPSA) is 45.3 Å². The van der Waals surface area contributed by atoms with E-state index < -0.39 is 0 Å². The monoisotopic (exact) mass is 301 g/mol. The zero-order valence-electron chi connectivity index (χ0n) is 13.2. The number of fused-ring (bicyclic) bond motifs is 1. The molecular formula is C18H27N3O. The van der Waals surface area contributed by atoms with E-state index in [1.54, 1.807) is 0 Å². The van der Waals surface area contributed by atoms with E-state index in [9.17, 15) is 0 Å². The van der Waals surface area contributed by atoms with Gasteiger partial charge in [-0.3, -0.25) is 0 Å². The van der Waals surface area contributed by atoms with Crippen molar-refractivity contribution in [3.05, 3.63) is 24.3 Å². The van der Waals surface area contributed by atoms with Gasteiger partial charge < -0.3 is 20.7 Å². The van der Waals surface area contributed by atoms with Crippen molar-refractivity contribution < 1.29 is 4.74 Å². The van der Waals surface area contributed by atoms with Crippen molar-refractivity contribution in [3.63, 3.8) is 0 Å². The number of rotatable bonds is 4. The minimum absolute atomic E-state index is 0.415. The highest BCUT2D eigenvalue weighted by Gasteiger charge is 2.38. The third-order valence-electron chi connectivity index (χ3n) is 5.44. The van der Waals surface area contributed by atoms with Crippen LogP contribution in [0.3, 0.4) is 0 Å². The van der Waals surface area contributed by atoms with Gasteiger partial charge >= 0.3 is 0 Å². The Morgan fingerprint density at radius 3 is 2.41 bits per heavy atom. The molecule has 1 saturated carbocycles. The molecule has 3 N–H and O–H groups in total. The second kappa shape index (κ2) is 6.47. The van der Waals surface area contributed by atoms with Crippen LogP contribution in [0.4, 0.5) is 5.69 Å². The predicted molar refractivity (Wildman–Crippen MR) is 89.5 cm³/mol. The van der Waals surface area contributed by atoms with Gasteiger partial charge in [-0.05, 0) is 81.4 Å². The molecule has 2 saturated heterocycles. The first-order valence-electron chi connectivity index (χ1n) is 8.81. The van der Waals surface area contributed by atoms with Gasteiger partial charge in [0.15, 0.2) is 0 Å². The van der Waals surface area contributed by atoms with E-state index in [0.29, 0.717) is 12.1 Å². The average molecular weight is 301 g/mol. The number of hydrogen-bond donors (Lipinski definition) is 3. The predicted octanol–water partition coefficient (Wildman–Crippen LogP) is 2.23. The van der Waals surface area contributed by atoms with Gasteiger partial charge in [-0.25, -0.2) is 0 Å². The van der Waals surface area contributed by atoms with Crippen molar-refractivity contribution in [2.75, 3.05) is 31.5 Å². The second-order valence-electron chi connectivity index (χ2n) is 7.10. The molecule has 1 aliphatic carbocycles. The van der Waals surface area contributed by atoms with E-state index >= 15 is 0 Å². The van der Waals surface area contributed by atoms with Crippen molar-refractivity contribution in [2.24, 2.45) is 11.8 Å². The van der Waals surface area contributed by atoms with E-state index in [1.165, 1.54) is 44.5 Å². The number of anilines is 1. The number of ether oxygens (including phenoxy) is 1. The summed E-state index contributed by atoms with van der Waals surface area (Å²) < 4.78 is 6.19. The Morgan fingerprint density at radius 2 is 1.73 bits per heavy atom. The maximum Gasteiger partial charge on any atom is 0.119 e. The molecule has 4 nitrogen and oxygen atoms in total. The highest BCUT2D eigenvalue weighted by Crippen LogP contribution is 2.36. The highest BCUT2D eigenvalue weighted by atomic mass is 16.5. The quantitative estimate of drug-likeness (QED) is 0.798. The molecule has 0 spiro atoms. The molecule has 3 aliphatic rings. The Balaban J connectivity index is 1.30. The van der Waals surface area contributed by atoms with Gasteiger partial charge in [-0.15, -0.1) is 0 Å². The summed E-state index contributed by atoms with van der Waals surface area (Å²) in [5.41, 5.74) is 1.20. The lowest BCUT2D eigenvalue weighted by molar-refractivity contribution is 0.199. The molecular weight excluding hydrogens is 274 g/mol. The van der Waals surface area contributed by atoms with Crippen molar-refractivity contribution in [1.82, 2.24) is 10.6 Å². The normalized spacial score (nSPS) is 34.4. The third-order valence-corrected chi connectivity index (χ3v) is 5.44. The van der Waals surface area contributed by atoms with Gasteiger partial charge in [0.05, 0.1) is 6.10 Å². The molecule has 3 unspecified atom stereocenters. The highest BCUT2D eigenvalue weighted by molar-refractivity contribution is 5.47. The maximum absolute atomic E-state index is 6.19. The zero-order chi connectivity index (χ0) is 14.8. The molecule has 0 amide bonds. The molecule has 2 aliphatic heterocycles. The van der Waals surface area contributed by atoms with Gasteiger partial charge in [0, 0.05) is 18.3 Å². The van der Waals surface area contributed by atoms with Crippen LogP contribution in [0.5, 0.6) is 5.75 Å². The lowest BCUT2D eigenvalue weighted by Gasteiger charge is -2.25. The largest absolute Gasteiger partial charge is 0.490 e. The first kappa shape index (κ1) is 14.3. The molecule has 3 fully saturated rings. The average Bonchev–Trinajstić information content (AvgIpc) is 3.12. The van der Waals surface area contributed by atoms with E-state index in [-0.39, 0.29) is 0 Å². The second-order valence-corrected chi connectivity index (χ2v) is 7.10. The Hall–Kier alpha value is -1.26. The number of hydrogen-bond acceptors (Lipinski definition) is 4. The molecule has 0 bridgehead atoms. The number of benzene rings is 1. The van der Waals surface area contributed by atoms with Crippen LogP contribution in [0.15, 0.2) is 24.3 Å². The van der Waals surface area contributed by atoms with Gasteiger partial charge in [0.2, 0.25) is 0 Å². The molecule has 120 valence electrons. The van der Waals surface area contributed by atoms with Crippen LogP contribution in [0.2, 0.25) is 0 Å². The fourth-order valence-electron chi connectivity index (χ4n) is 4.24. The lowest BCUT2D eigenvalue weighted by atomic mass is 10.0. The lowest BCUT2D eigenvalue weighted by Crippen LogP contribution is -2.38. The molecule has 0 radical (unpaired) electrons. The molecule has 4 heteroatoms. The van der Waals surface area contributed by atoms with Gasteiger partial charge in [0.1, 0.15) is 5.75 Å². The Kier molecular flexibility index (Phi) is 4.22. The first-order valence-corrected chi connectivity index (χ1v) is 8.81. The summed E-state index contributed by atoms with van der Waals surface area (Å²) in [6.45, 7) is 4.59. The summed E-state index contributed by atoms with van der Waals surface area (Å²) in [6, 6.07) is 9.10. The van der Waals surface area contributed by atoms with Crippen LogP contribution < -0.4 is 20.7 Å². The standard InChI is InChI=1S/C18H27N3O/c1-2-16(12-19-7-1)21-15-3-5-17(6-4-15)22-18-8-13-10-20-11-14(13)9-18/h3-6,13-14,16,18-21H,1-2,7-12H2. The summed E-state index contributed by atoms with van der Waals surface area (Å²) in [6.07, 6.45) is 5.36. The Bertz CT molecular complexity index is 472. The van der Waals surface area contributed by atoms with Crippen LogP contribution in [0.1, 0.15) is 25.7 Å². The van der Waals surface area contributed by atoms with Gasteiger partial charge in [-0.1, -0.05) is 0 Å². The number of piperidine rings is 1. The fourth-order valence-corrected chi connectivity index (χ4v) is 4.24. The van der Waals surface area contributed by atoms with Crippen LogP contribution in [-0.4, -0.2) is 38.3 Å². The summed E-state index contributed by atoms with van der Waals surface area (Å²) in [5, 5.41) is 10.5. The summed E-state index contributed by atoms with van der Waals surface area (Å²) >= 11 is 0. The third kappa shape index (κ3) is 3.23. The summed E-state index contributed by atoms with van der Waals surface area (Å²) in [7, 11) is 0. The SMILES string of the molecule is c1cc(OC2CC3CNCC3C2)ccc1NC1CCCNC1. The minimum Gasteiger partial charge on any atom is -0.490 e. The molecule has 2 heterocycles. The Labute approximate surface area is 133 Å². The molecule has 1 aromatic rings. The number of nitrogens with one attached hydrogen (secondary N) is 3. The van der Waals surface area contributed by atoms with Crippen molar-refractivity contribution >= 4 is 5.69 Å². The van der Waals surface area contributed by atoms with Gasteiger partial charge in [-0.2, -0.15) is 0 Å². The van der Waals surface area contributed by atoms with E-state index in [4.69, 9.17) is 4.74 Å². The molecule has 4 rings (SSSR count). The van der Waals surface area contributed by atoms with Crippen LogP contribution >= 0.6 is 0 Å². The molecule has 1 aromatic carbocycles.